The van der Waals surface area contributed by atoms with E-state index in [-0.39, 0.29) is 17.5 Å². The standard InChI is InChI=1S/C22H19FN2O2/c1-15(26)16-9-11-17(12-10-16)22(27)25(2)21(20-8-3-4-13-24-20)18-6-5-7-19(23)14-18/h3-14,21H,1-2H3. The van der Waals surface area contributed by atoms with E-state index in [1.54, 1.807) is 61.8 Å². The van der Waals surface area contributed by atoms with E-state index in [2.05, 4.69) is 4.98 Å². The fourth-order valence-corrected chi connectivity index (χ4v) is 2.98. The zero-order valence-corrected chi connectivity index (χ0v) is 15.1. The highest BCUT2D eigenvalue weighted by Gasteiger charge is 2.25. The van der Waals surface area contributed by atoms with Crippen molar-refractivity contribution in [3.05, 3.63) is 101 Å². The van der Waals surface area contributed by atoms with Crippen molar-refractivity contribution in [1.29, 1.82) is 0 Å². The van der Waals surface area contributed by atoms with Gasteiger partial charge in [-0.15, -0.1) is 0 Å². The van der Waals surface area contributed by atoms with Crippen molar-refractivity contribution >= 4 is 11.7 Å². The zero-order valence-electron chi connectivity index (χ0n) is 15.1. The molecule has 1 atom stereocenters. The molecule has 1 unspecified atom stereocenters. The molecule has 0 fully saturated rings. The molecule has 0 aliphatic carbocycles. The zero-order chi connectivity index (χ0) is 19.4. The summed E-state index contributed by atoms with van der Waals surface area (Å²) in [5.41, 5.74) is 2.25. The van der Waals surface area contributed by atoms with E-state index in [0.717, 1.165) is 0 Å². The molecule has 0 saturated heterocycles. The van der Waals surface area contributed by atoms with Gasteiger partial charge in [0.1, 0.15) is 5.82 Å². The molecule has 1 aromatic heterocycles. The van der Waals surface area contributed by atoms with E-state index in [4.69, 9.17) is 0 Å². The minimum absolute atomic E-state index is 0.0616. The van der Waals surface area contributed by atoms with Crippen molar-refractivity contribution in [3.63, 3.8) is 0 Å². The number of ketones is 1. The Morgan fingerprint density at radius 3 is 2.26 bits per heavy atom. The van der Waals surface area contributed by atoms with Crippen molar-refractivity contribution in [3.8, 4) is 0 Å². The van der Waals surface area contributed by atoms with Crippen LogP contribution in [0.1, 0.15) is 44.9 Å². The smallest absolute Gasteiger partial charge is 0.254 e. The van der Waals surface area contributed by atoms with Crippen LogP contribution in [0.4, 0.5) is 4.39 Å². The van der Waals surface area contributed by atoms with Gasteiger partial charge in [0.05, 0.1) is 11.7 Å². The highest BCUT2D eigenvalue weighted by molar-refractivity contribution is 5.97. The summed E-state index contributed by atoms with van der Waals surface area (Å²) in [6, 6.07) is 17.5. The molecule has 0 aliphatic heterocycles. The molecule has 0 N–H and O–H groups in total. The second-order valence-corrected chi connectivity index (χ2v) is 6.26. The molecule has 0 bridgehead atoms. The Kier molecular flexibility index (Phi) is 5.41. The number of rotatable bonds is 5. The Bertz CT molecular complexity index is 956. The fraction of sp³-hybridized carbons (Fsp3) is 0.136. The van der Waals surface area contributed by atoms with Gasteiger partial charge in [-0.25, -0.2) is 4.39 Å². The number of amides is 1. The number of hydrogen-bond donors (Lipinski definition) is 0. The second-order valence-electron chi connectivity index (χ2n) is 6.26. The van der Waals surface area contributed by atoms with E-state index < -0.39 is 6.04 Å². The van der Waals surface area contributed by atoms with Crippen LogP contribution >= 0.6 is 0 Å². The van der Waals surface area contributed by atoms with Crippen molar-refractivity contribution in [2.45, 2.75) is 13.0 Å². The van der Waals surface area contributed by atoms with Gasteiger partial charge in [0.15, 0.2) is 5.78 Å². The summed E-state index contributed by atoms with van der Waals surface area (Å²) in [6.07, 6.45) is 1.64. The number of pyridine rings is 1. The quantitative estimate of drug-likeness (QED) is 0.637. The SMILES string of the molecule is CC(=O)c1ccc(C(=O)N(C)C(c2cccc(F)c2)c2ccccn2)cc1. The molecule has 4 nitrogen and oxygen atoms in total. The molecule has 0 radical (unpaired) electrons. The lowest BCUT2D eigenvalue weighted by atomic mass is 10.00. The summed E-state index contributed by atoms with van der Waals surface area (Å²) in [5.74, 6) is -0.682. The maximum atomic E-state index is 13.8. The molecule has 0 saturated carbocycles. The van der Waals surface area contributed by atoms with Gasteiger partial charge in [-0.3, -0.25) is 14.6 Å². The predicted molar refractivity (Wildman–Crippen MR) is 101 cm³/mol. The Morgan fingerprint density at radius 1 is 0.963 bits per heavy atom. The number of halogens is 1. The van der Waals surface area contributed by atoms with Crippen molar-refractivity contribution < 1.29 is 14.0 Å². The molecule has 1 heterocycles. The number of carbonyl (C=O) groups is 2. The highest BCUT2D eigenvalue weighted by atomic mass is 19.1. The number of aromatic nitrogens is 1. The van der Waals surface area contributed by atoms with E-state index >= 15 is 0 Å². The van der Waals surface area contributed by atoms with Crippen LogP contribution in [0.25, 0.3) is 0 Å². The molecule has 5 heteroatoms. The lowest BCUT2D eigenvalue weighted by Gasteiger charge is -2.28. The minimum atomic E-state index is -0.540. The predicted octanol–water partition coefficient (Wildman–Crippen LogP) is 4.28. The van der Waals surface area contributed by atoms with E-state index in [9.17, 15) is 14.0 Å². The van der Waals surface area contributed by atoms with Crippen LogP contribution in [0.15, 0.2) is 72.9 Å². The topological polar surface area (TPSA) is 50.3 Å². The molecule has 2 aromatic carbocycles. The molecule has 3 rings (SSSR count). The monoisotopic (exact) mass is 362 g/mol. The first kappa shape index (κ1) is 18.5. The summed E-state index contributed by atoms with van der Waals surface area (Å²) in [6.45, 7) is 1.48. The molecule has 27 heavy (non-hydrogen) atoms. The number of Topliss-reactive ketones (excluding diaryl/α,β-unsaturated/α-hetero) is 1. The molecular formula is C22H19FN2O2. The number of benzene rings is 2. The van der Waals surface area contributed by atoms with Crippen LogP contribution in [-0.2, 0) is 0 Å². The second kappa shape index (κ2) is 7.91. The summed E-state index contributed by atoms with van der Waals surface area (Å²) in [5, 5.41) is 0. The third kappa shape index (κ3) is 4.08. The highest BCUT2D eigenvalue weighted by Crippen LogP contribution is 2.28. The summed E-state index contributed by atoms with van der Waals surface area (Å²) in [4.78, 5) is 30.3. The molecular weight excluding hydrogens is 343 g/mol. The lowest BCUT2D eigenvalue weighted by molar-refractivity contribution is 0.0752. The first-order valence-corrected chi connectivity index (χ1v) is 8.52. The fourth-order valence-electron chi connectivity index (χ4n) is 2.98. The number of carbonyl (C=O) groups excluding carboxylic acids is 2. The van der Waals surface area contributed by atoms with Gasteiger partial charge in [-0.1, -0.05) is 30.3 Å². The van der Waals surface area contributed by atoms with E-state index in [1.807, 2.05) is 6.07 Å². The van der Waals surface area contributed by atoms with Crippen LogP contribution in [0.2, 0.25) is 0 Å². The average molecular weight is 362 g/mol. The van der Waals surface area contributed by atoms with Crippen LogP contribution < -0.4 is 0 Å². The van der Waals surface area contributed by atoms with Crippen molar-refractivity contribution in [1.82, 2.24) is 9.88 Å². The Labute approximate surface area is 157 Å². The molecule has 3 aromatic rings. The van der Waals surface area contributed by atoms with Gasteiger partial charge in [-0.05, 0) is 48.9 Å². The van der Waals surface area contributed by atoms with Crippen molar-refractivity contribution in [2.75, 3.05) is 7.05 Å². The first-order valence-electron chi connectivity index (χ1n) is 8.52. The Morgan fingerprint density at radius 2 is 1.67 bits per heavy atom. The van der Waals surface area contributed by atoms with Gasteiger partial charge in [-0.2, -0.15) is 0 Å². The van der Waals surface area contributed by atoms with Gasteiger partial charge < -0.3 is 4.90 Å². The van der Waals surface area contributed by atoms with Gasteiger partial charge in [0.2, 0.25) is 0 Å². The third-order valence-corrected chi connectivity index (χ3v) is 4.38. The van der Waals surface area contributed by atoms with Gasteiger partial charge in [0.25, 0.3) is 5.91 Å². The Balaban J connectivity index is 1.98. The molecule has 1 amide bonds. The molecule has 0 spiro atoms. The average Bonchev–Trinajstić information content (AvgIpc) is 2.68. The van der Waals surface area contributed by atoms with Crippen LogP contribution in [0.3, 0.4) is 0 Å². The van der Waals surface area contributed by atoms with E-state index in [1.165, 1.54) is 24.0 Å². The Hall–Kier alpha value is -3.34. The maximum Gasteiger partial charge on any atom is 0.254 e. The maximum absolute atomic E-state index is 13.8. The normalized spacial score (nSPS) is 11.7. The molecule has 136 valence electrons. The van der Waals surface area contributed by atoms with Crippen LogP contribution in [0.5, 0.6) is 0 Å². The lowest BCUT2D eigenvalue weighted by Crippen LogP contribution is -2.32. The van der Waals surface area contributed by atoms with Crippen LogP contribution in [0, 0.1) is 5.82 Å². The van der Waals surface area contributed by atoms with Crippen LogP contribution in [-0.4, -0.2) is 28.6 Å². The van der Waals surface area contributed by atoms with Crippen molar-refractivity contribution in [2.24, 2.45) is 0 Å². The largest absolute Gasteiger partial charge is 0.329 e. The number of hydrogen-bond acceptors (Lipinski definition) is 3. The summed E-state index contributed by atoms with van der Waals surface area (Å²) in [7, 11) is 1.66. The van der Waals surface area contributed by atoms with E-state index in [0.29, 0.717) is 22.4 Å². The number of nitrogens with zero attached hydrogens (tertiary/aromatic N) is 2. The van der Waals surface area contributed by atoms with Gasteiger partial charge >= 0.3 is 0 Å². The summed E-state index contributed by atoms with van der Waals surface area (Å²) < 4.78 is 13.8. The third-order valence-electron chi connectivity index (χ3n) is 4.38. The van der Waals surface area contributed by atoms with Gasteiger partial charge in [0, 0.05) is 24.4 Å². The molecule has 0 aliphatic rings. The summed E-state index contributed by atoms with van der Waals surface area (Å²) >= 11 is 0. The first-order chi connectivity index (χ1) is 13.0. The minimum Gasteiger partial charge on any atom is -0.329 e.